The average molecular weight is 403 g/mol. The minimum absolute atomic E-state index is 0.0417. The zero-order chi connectivity index (χ0) is 20.6. The van der Waals surface area contributed by atoms with E-state index >= 15 is 0 Å². The molecule has 1 aromatic heterocycles. The number of fused-ring (bicyclic) bond motifs is 1. The smallest absolute Gasteiger partial charge is 0.272 e. The molecular formula is C24H25N3O3. The Bertz CT molecular complexity index is 962. The summed E-state index contributed by atoms with van der Waals surface area (Å²) in [5.41, 5.74) is 1.21. The molecule has 2 amide bonds. The van der Waals surface area contributed by atoms with Crippen LogP contribution < -0.4 is 5.32 Å². The molecule has 1 spiro atoms. The number of hydrogen-bond donors (Lipinski definition) is 1. The van der Waals surface area contributed by atoms with Gasteiger partial charge in [-0.2, -0.15) is 0 Å². The van der Waals surface area contributed by atoms with Crippen LogP contribution in [0.3, 0.4) is 0 Å². The maximum absolute atomic E-state index is 12.9. The summed E-state index contributed by atoms with van der Waals surface area (Å²) in [7, 11) is 0. The van der Waals surface area contributed by atoms with Gasteiger partial charge in [-0.05, 0) is 36.6 Å². The summed E-state index contributed by atoms with van der Waals surface area (Å²) in [6.45, 7) is 1.84. The number of pyridine rings is 1. The minimum Gasteiger partial charge on any atom is -0.369 e. The number of carbonyl (C=O) groups is 2. The average Bonchev–Trinajstić information content (AvgIpc) is 3.46. The topological polar surface area (TPSA) is 71.5 Å². The molecule has 3 saturated heterocycles. The fourth-order valence-corrected chi connectivity index (χ4v) is 5.28. The van der Waals surface area contributed by atoms with E-state index in [4.69, 9.17) is 4.74 Å². The van der Waals surface area contributed by atoms with Gasteiger partial charge in [0.2, 0.25) is 5.91 Å². The molecule has 0 saturated carbocycles. The number of likely N-dealkylation sites (tertiary alicyclic amines) is 1. The third-order valence-electron chi connectivity index (χ3n) is 6.69. The summed E-state index contributed by atoms with van der Waals surface area (Å²) in [6.07, 6.45) is 7.17. The van der Waals surface area contributed by atoms with Crippen molar-refractivity contribution in [2.45, 2.75) is 24.5 Å². The van der Waals surface area contributed by atoms with Crippen molar-refractivity contribution in [1.29, 1.82) is 0 Å². The lowest BCUT2D eigenvalue weighted by Gasteiger charge is -2.29. The first-order valence-electron chi connectivity index (χ1n) is 10.5. The van der Waals surface area contributed by atoms with Gasteiger partial charge >= 0.3 is 0 Å². The Morgan fingerprint density at radius 3 is 2.83 bits per heavy atom. The van der Waals surface area contributed by atoms with Crippen LogP contribution in [0.2, 0.25) is 0 Å². The molecule has 2 aromatic rings. The molecule has 4 heterocycles. The third kappa shape index (κ3) is 3.41. The van der Waals surface area contributed by atoms with E-state index in [1.165, 1.54) is 0 Å². The van der Waals surface area contributed by atoms with Gasteiger partial charge in [0.15, 0.2) is 0 Å². The minimum atomic E-state index is -0.260. The van der Waals surface area contributed by atoms with E-state index in [0.717, 1.165) is 18.4 Å². The molecule has 5 rings (SSSR count). The van der Waals surface area contributed by atoms with E-state index in [2.05, 4.69) is 10.3 Å². The molecule has 0 unspecified atom stereocenters. The number of ether oxygens (including phenoxy) is 1. The van der Waals surface area contributed by atoms with Crippen molar-refractivity contribution in [2.75, 3.05) is 19.6 Å². The number of carbonyl (C=O) groups excluding carboxylic acids is 2. The molecule has 6 nitrogen and oxygen atoms in total. The van der Waals surface area contributed by atoms with Gasteiger partial charge in [0.1, 0.15) is 5.69 Å². The molecule has 30 heavy (non-hydrogen) atoms. The summed E-state index contributed by atoms with van der Waals surface area (Å²) in [5, 5.41) is 3.04. The number of nitrogens with zero attached hydrogens (tertiary/aromatic N) is 2. The Balaban J connectivity index is 1.23. The second-order valence-corrected chi connectivity index (χ2v) is 8.42. The Morgan fingerprint density at radius 1 is 1.20 bits per heavy atom. The molecular weight excluding hydrogens is 378 g/mol. The number of amides is 2. The quantitative estimate of drug-likeness (QED) is 0.779. The molecule has 2 bridgehead atoms. The van der Waals surface area contributed by atoms with Crippen molar-refractivity contribution in [2.24, 2.45) is 11.8 Å². The number of nitrogens with one attached hydrogen (secondary N) is 1. The lowest BCUT2D eigenvalue weighted by molar-refractivity contribution is -0.116. The zero-order valence-corrected chi connectivity index (χ0v) is 16.7. The van der Waals surface area contributed by atoms with Crippen LogP contribution in [0.25, 0.3) is 6.08 Å². The highest BCUT2D eigenvalue weighted by molar-refractivity contribution is 5.93. The first-order valence-corrected chi connectivity index (χ1v) is 10.5. The van der Waals surface area contributed by atoms with Crippen molar-refractivity contribution in [3.8, 4) is 0 Å². The Labute approximate surface area is 175 Å². The predicted octanol–water partition coefficient (Wildman–Crippen LogP) is 2.53. The maximum Gasteiger partial charge on any atom is 0.272 e. The Kier molecular flexibility index (Phi) is 4.87. The van der Waals surface area contributed by atoms with E-state index in [-0.39, 0.29) is 35.4 Å². The van der Waals surface area contributed by atoms with Crippen LogP contribution >= 0.6 is 0 Å². The molecule has 6 heteroatoms. The summed E-state index contributed by atoms with van der Waals surface area (Å²) in [4.78, 5) is 31.3. The molecule has 0 aliphatic carbocycles. The van der Waals surface area contributed by atoms with Gasteiger partial charge in [-0.1, -0.05) is 36.4 Å². The van der Waals surface area contributed by atoms with Crippen LogP contribution in [0.5, 0.6) is 0 Å². The summed E-state index contributed by atoms with van der Waals surface area (Å²) in [5.74, 6) is 0.340. The molecule has 3 aliphatic heterocycles. The van der Waals surface area contributed by atoms with E-state index < -0.39 is 0 Å². The Hall–Kier alpha value is -2.99. The SMILES string of the molecule is O=C(C=Cc1ccccc1)NC[C@H]1[C@H]2CN(C(=O)c3ccccn3)C[C@]23CC[C@H]1O3. The largest absolute Gasteiger partial charge is 0.369 e. The van der Waals surface area contributed by atoms with Gasteiger partial charge in [-0.25, -0.2) is 0 Å². The summed E-state index contributed by atoms with van der Waals surface area (Å²) < 4.78 is 6.39. The normalized spacial score (nSPS) is 29.3. The molecule has 3 fully saturated rings. The van der Waals surface area contributed by atoms with Gasteiger partial charge in [0.25, 0.3) is 5.91 Å². The van der Waals surface area contributed by atoms with E-state index in [9.17, 15) is 9.59 Å². The van der Waals surface area contributed by atoms with Gasteiger partial charge in [-0.3, -0.25) is 14.6 Å². The molecule has 1 aromatic carbocycles. The van der Waals surface area contributed by atoms with Crippen molar-refractivity contribution < 1.29 is 14.3 Å². The highest BCUT2D eigenvalue weighted by Crippen LogP contribution is 2.54. The van der Waals surface area contributed by atoms with Crippen molar-refractivity contribution in [3.63, 3.8) is 0 Å². The molecule has 3 aliphatic rings. The lowest BCUT2D eigenvalue weighted by atomic mass is 9.73. The van der Waals surface area contributed by atoms with E-state index in [0.29, 0.717) is 25.3 Å². The first kappa shape index (κ1) is 19.0. The number of rotatable bonds is 5. The van der Waals surface area contributed by atoms with Crippen molar-refractivity contribution in [3.05, 3.63) is 72.1 Å². The van der Waals surface area contributed by atoms with Gasteiger partial charge < -0.3 is 15.0 Å². The van der Waals surface area contributed by atoms with Crippen molar-refractivity contribution >= 4 is 17.9 Å². The van der Waals surface area contributed by atoms with Crippen LogP contribution in [0.1, 0.15) is 28.9 Å². The number of hydrogen-bond acceptors (Lipinski definition) is 4. The number of benzene rings is 1. The van der Waals surface area contributed by atoms with Crippen LogP contribution in [-0.4, -0.2) is 53.0 Å². The predicted molar refractivity (Wildman–Crippen MR) is 112 cm³/mol. The van der Waals surface area contributed by atoms with Crippen LogP contribution in [-0.2, 0) is 9.53 Å². The standard InChI is InChI=1S/C24H25N3O3/c28-22(10-9-17-6-2-1-3-7-17)26-14-18-19-15-27(16-24(19)12-11-21(18)30-24)23(29)20-8-4-5-13-25-20/h1-10,13,18-19,21H,11-12,14-16H2,(H,26,28)/t18-,19+,21+,24+/m0/s1. The fraction of sp³-hybridized carbons (Fsp3) is 0.375. The van der Waals surface area contributed by atoms with Gasteiger partial charge in [-0.15, -0.1) is 0 Å². The molecule has 154 valence electrons. The first-order chi connectivity index (χ1) is 14.6. The second-order valence-electron chi connectivity index (χ2n) is 8.42. The lowest BCUT2D eigenvalue weighted by Crippen LogP contribution is -2.41. The second kappa shape index (κ2) is 7.69. The fourth-order valence-electron chi connectivity index (χ4n) is 5.28. The maximum atomic E-state index is 12.9. The van der Waals surface area contributed by atoms with E-state index in [1.807, 2.05) is 53.4 Å². The van der Waals surface area contributed by atoms with Crippen molar-refractivity contribution in [1.82, 2.24) is 15.2 Å². The van der Waals surface area contributed by atoms with E-state index in [1.54, 1.807) is 18.3 Å². The summed E-state index contributed by atoms with van der Waals surface area (Å²) >= 11 is 0. The number of aromatic nitrogens is 1. The third-order valence-corrected chi connectivity index (χ3v) is 6.69. The summed E-state index contributed by atoms with van der Waals surface area (Å²) in [6, 6.07) is 15.2. The van der Waals surface area contributed by atoms with Crippen LogP contribution in [0.4, 0.5) is 0 Å². The molecule has 1 N–H and O–H groups in total. The van der Waals surface area contributed by atoms with Crippen LogP contribution in [0, 0.1) is 11.8 Å². The van der Waals surface area contributed by atoms with Crippen LogP contribution in [0.15, 0.2) is 60.8 Å². The van der Waals surface area contributed by atoms with Gasteiger partial charge in [0, 0.05) is 37.2 Å². The Morgan fingerprint density at radius 2 is 2.03 bits per heavy atom. The monoisotopic (exact) mass is 403 g/mol. The molecule has 4 atom stereocenters. The highest BCUT2D eigenvalue weighted by Gasteiger charge is 2.63. The highest BCUT2D eigenvalue weighted by atomic mass is 16.5. The molecule has 0 radical (unpaired) electrons. The van der Waals surface area contributed by atoms with Gasteiger partial charge in [0.05, 0.1) is 18.2 Å². The zero-order valence-electron chi connectivity index (χ0n) is 16.7.